The number of rotatable bonds is 4. The summed E-state index contributed by atoms with van der Waals surface area (Å²) in [7, 11) is 0. The van der Waals surface area contributed by atoms with Gasteiger partial charge in [0.15, 0.2) is 0 Å². The molecule has 0 N–H and O–H groups in total. The van der Waals surface area contributed by atoms with Crippen molar-refractivity contribution in [1.82, 2.24) is 20.0 Å². The number of ether oxygens (including phenoxy) is 1. The monoisotopic (exact) mass is 378 g/mol. The zero-order chi connectivity index (χ0) is 19.5. The smallest absolute Gasteiger partial charge is 0.254 e. The van der Waals surface area contributed by atoms with Gasteiger partial charge in [-0.1, -0.05) is 18.1 Å². The molecule has 0 bridgehead atoms. The third-order valence-corrected chi connectivity index (χ3v) is 4.89. The lowest BCUT2D eigenvalue weighted by molar-refractivity contribution is -0.0246. The van der Waals surface area contributed by atoms with E-state index in [1.807, 2.05) is 32.0 Å². The van der Waals surface area contributed by atoms with E-state index in [0.29, 0.717) is 25.3 Å². The molecule has 1 aliphatic heterocycles. The van der Waals surface area contributed by atoms with E-state index < -0.39 is 0 Å². The minimum Gasteiger partial charge on any atom is -0.368 e. The van der Waals surface area contributed by atoms with Crippen LogP contribution in [0.1, 0.15) is 40.5 Å². The van der Waals surface area contributed by atoms with Crippen LogP contribution in [-0.2, 0) is 11.2 Å². The Bertz CT molecular complexity index is 971. The molecule has 144 valence electrons. The predicted molar refractivity (Wildman–Crippen MR) is 103 cm³/mol. The Balaban J connectivity index is 1.58. The van der Waals surface area contributed by atoms with E-state index in [4.69, 9.17) is 14.2 Å². The predicted octanol–water partition coefficient (Wildman–Crippen LogP) is 3.22. The molecule has 1 fully saturated rings. The number of aromatic nitrogens is 3. The fourth-order valence-electron chi connectivity index (χ4n) is 3.45. The van der Waals surface area contributed by atoms with Crippen LogP contribution in [0.25, 0.3) is 11.3 Å². The minimum absolute atomic E-state index is 0.0185. The lowest BCUT2D eigenvalue weighted by Gasteiger charge is -2.32. The Kier molecular flexibility index (Phi) is 5.16. The molecule has 0 saturated carbocycles. The van der Waals surface area contributed by atoms with E-state index in [2.05, 4.69) is 10.1 Å². The van der Waals surface area contributed by atoms with Crippen LogP contribution in [0.4, 0.5) is 0 Å². The number of carbonyl (C=O) groups excluding carboxylic acids is 1. The normalized spacial score (nSPS) is 16.9. The van der Waals surface area contributed by atoms with Crippen LogP contribution < -0.4 is 0 Å². The summed E-state index contributed by atoms with van der Waals surface area (Å²) in [6.45, 7) is 5.43. The van der Waals surface area contributed by atoms with E-state index in [0.717, 1.165) is 34.8 Å². The highest BCUT2D eigenvalue weighted by Gasteiger charge is 2.27. The molecule has 0 aromatic carbocycles. The van der Waals surface area contributed by atoms with E-state index in [9.17, 15) is 4.79 Å². The second kappa shape index (κ2) is 7.90. The highest BCUT2D eigenvalue weighted by molar-refractivity contribution is 5.94. The first kappa shape index (κ1) is 18.3. The van der Waals surface area contributed by atoms with Gasteiger partial charge in [0.2, 0.25) is 0 Å². The Morgan fingerprint density at radius 2 is 2.07 bits per heavy atom. The van der Waals surface area contributed by atoms with Crippen LogP contribution in [0.15, 0.2) is 47.2 Å². The number of amides is 1. The van der Waals surface area contributed by atoms with Gasteiger partial charge in [-0.05, 0) is 31.2 Å². The SMILES string of the molecule is CCc1onc(C)c1-c1cccc(C2CN(C(=O)c3ccncc3)CCO2)n1. The molecular weight excluding hydrogens is 356 g/mol. The Labute approximate surface area is 163 Å². The number of morpholine rings is 1. The van der Waals surface area contributed by atoms with Gasteiger partial charge in [-0.2, -0.15) is 0 Å². The molecule has 7 heteroatoms. The largest absolute Gasteiger partial charge is 0.368 e. The Hall–Kier alpha value is -3.06. The van der Waals surface area contributed by atoms with Crippen molar-refractivity contribution in [2.24, 2.45) is 0 Å². The van der Waals surface area contributed by atoms with Crippen molar-refractivity contribution in [1.29, 1.82) is 0 Å². The number of hydrogen-bond donors (Lipinski definition) is 0. The first-order valence-electron chi connectivity index (χ1n) is 9.40. The fourth-order valence-corrected chi connectivity index (χ4v) is 3.45. The molecule has 0 spiro atoms. The van der Waals surface area contributed by atoms with Gasteiger partial charge in [0.25, 0.3) is 5.91 Å². The van der Waals surface area contributed by atoms with Gasteiger partial charge in [-0.25, -0.2) is 4.98 Å². The minimum atomic E-state index is -0.273. The van der Waals surface area contributed by atoms with Crippen LogP contribution in [0.3, 0.4) is 0 Å². The third kappa shape index (κ3) is 3.53. The molecule has 0 aliphatic carbocycles. The van der Waals surface area contributed by atoms with Crippen molar-refractivity contribution in [2.45, 2.75) is 26.4 Å². The number of aryl methyl sites for hydroxylation is 2. The fraction of sp³-hybridized carbons (Fsp3) is 0.333. The Morgan fingerprint density at radius 3 is 2.86 bits per heavy atom. The molecule has 1 aliphatic rings. The standard InChI is InChI=1S/C21H22N4O3/c1-3-18-20(14(2)24-28-18)17-6-4-5-16(23-17)19-13-25(11-12-27-19)21(26)15-7-9-22-10-8-15/h4-10,19H,3,11-13H2,1-2H3. The van der Waals surface area contributed by atoms with Gasteiger partial charge in [-0.3, -0.25) is 9.78 Å². The van der Waals surface area contributed by atoms with Crippen molar-refractivity contribution >= 4 is 5.91 Å². The molecule has 7 nitrogen and oxygen atoms in total. The van der Waals surface area contributed by atoms with Gasteiger partial charge in [-0.15, -0.1) is 0 Å². The van der Waals surface area contributed by atoms with Crippen molar-refractivity contribution in [3.05, 3.63) is 65.4 Å². The summed E-state index contributed by atoms with van der Waals surface area (Å²) < 4.78 is 11.3. The lowest BCUT2D eigenvalue weighted by atomic mass is 10.1. The first-order valence-corrected chi connectivity index (χ1v) is 9.40. The maximum atomic E-state index is 12.8. The highest BCUT2D eigenvalue weighted by atomic mass is 16.5. The summed E-state index contributed by atoms with van der Waals surface area (Å²) >= 11 is 0. The quantitative estimate of drug-likeness (QED) is 0.693. The average molecular weight is 378 g/mol. The summed E-state index contributed by atoms with van der Waals surface area (Å²) in [5, 5.41) is 4.07. The topological polar surface area (TPSA) is 81.4 Å². The van der Waals surface area contributed by atoms with E-state index in [-0.39, 0.29) is 12.0 Å². The van der Waals surface area contributed by atoms with Gasteiger partial charge in [0, 0.05) is 30.9 Å². The maximum absolute atomic E-state index is 12.8. The van der Waals surface area contributed by atoms with Gasteiger partial charge >= 0.3 is 0 Å². The maximum Gasteiger partial charge on any atom is 0.254 e. The van der Waals surface area contributed by atoms with Crippen LogP contribution in [-0.4, -0.2) is 45.6 Å². The highest BCUT2D eigenvalue weighted by Crippen LogP contribution is 2.29. The summed E-state index contributed by atoms with van der Waals surface area (Å²) in [4.78, 5) is 23.3. The van der Waals surface area contributed by atoms with Crippen LogP contribution in [0, 0.1) is 6.92 Å². The van der Waals surface area contributed by atoms with Crippen LogP contribution >= 0.6 is 0 Å². The van der Waals surface area contributed by atoms with Crippen molar-refractivity contribution < 1.29 is 14.1 Å². The molecule has 1 saturated heterocycles. The summed E-state index contributed by atoms with van der Waals surface area (Å²) in [6.07, 6.45) is 3.73. The first-order chi connectivity index (χ1) is 13.7. The van der Waals surface area contributed by atoms with Gasteiger partial charge < -0.3 is 14.2 Å². The molecule has 4 heterocycles. The zero-order valence-corrected chi connectivity index (χ0v) is 16.0. The molecule has 1 amide bonds. The van der Waals surface area contributed by atoms with Gasteiger partial charge in [0.1, 0.15) is 11.9 Å². The summed E-state index contributed by atoms with van der Waals surface area (Å²) in [5.74, 6) is 0.802. The van der Waals surface area contributed by atoms with Crippen LogP contribution in [0.5, 0.6) is 0 Å². The molecule has 4 rings (SSSR count). The molecule has 3 aromatic rings. The summed E-state index contributed by atoms with van der Waals surface area (Å²) in [5.41, 5.74) is 4.00. The number of hydrogen-bond acceptors (Lipinski definition) is 6. The Morgan fingerprint density at radius 1 is 1.25 bits per heavy atom. The number of carbonyl (C=O) groups is 1. The van der Waals surface area contributed by atoms with Gasteiger partial charge in [0.05, 0.1) is 35.8 Å². The van der Waals surface area contributed by atoms with E-state index >= 15 is 0 Å². The lowest BCUT2D eigenvalue weighted by Crippen LogP contribution is -2.42. The van der Waals surface area contributed by atoms with Crippen molar-refractivity contribution in [2.75, 3.05) is 19.7 Å². The van der Waals surface area contributed by atoms with E-state index in [1.54, 1.807) is 29.4 Å². The number of nitrogens with zero attached hydrogens (tertiary/aromatic N) is 4. The molecular formula is C21H22N4O3. The molecule has 0 radical (unpaired) electrons. The van der Waals surface area contributed by atoms with Crippen molar-refractivity contribution in [3.63, 3.8) is 0 Å². The van der Waals surface area contributed by atoms with E-state index in [1.165, 1.54) is 0 Å². The molecule has 1 atom stereocenters. The second-order valence-electron chi connectivity index (χ2n) is 6.71. The third-order valence-electron chi connectivity index (χ3n) is 4.89. The number of pyridine rings is 2. The van der Waals surface area contributed by atoms with Crippen LogP contribution in [0.2, 0.25) is 0 Å². The average Bonchev–Trinajstić information content (AvgIpc) is 3.14. The zero-order valence-electron chi connectivity index (χ0n) is 16.0. The molecule has 3 aromatic heterocycles. The second-order valence-corrected chi connectivity index (χ2v) is 6.71. The summed E-state index contributed by atoms with van der Waals surface area (Å²) in [6, 6.07) is 9.30. The molecule has 28 heavy (non-hydrogen) atoms. The molecule has 1 unspecified atom stereocenters. The van der Waals surface area contributed by atoms with Crippen molar-refractivity contribution in [3.8, 4) is 11.3 Å².